The second kappa shape index (κ2) is 7.20. The monoisotopic (exact) mass is 324 g/mol. The van der Waals surface area contributed by atoms with Gasteiger partial charge in [0.25, 0.3) is 0 Å². The van der Waals surface area contributed by atoms with Gasteiger partial charge in [-0.2, -0.15) is 10.2 Å². The Kier molecular flexibility index (Phi) is 4.82. The summed E-state index contributed by atoms with van der Waals surface area (Å²) in [5, 5.41) is 9.33. The minimum atomic E-state index is 0.333. The fraction of sp³-hybridized carbons (Fsp3) is 0.333. The average molecular weight is 324 g/mol. The normalized spacial score (nSPS) is 15.6. The van der Waals surface area contributed by atoms with Crippen LogP contribution in [-0.4, -0.2) is 50.2 Å². The lowest BCUT2D eigenvalue weighted by molar-refractivity contribution is 0.306. The van der Waals surface area contributed by atoms with Crippen LogP contribution in [0.2, 0.25) is 0 Å². The molecule has 3 rings (SSSR count). The fourth-order valence-electron chi connectivity index (χ4n) is 2.66. The van der Waals surface area contributed by atoms with Gasteiger partial charge in [-0.1, -0.05) is 18.2 Å². The summed E-state index contributed by atoms with van der Waals surface area (Å²) in [6.07, 6.45) is 3.64. The van der Waals surface area contributed by atoms with E-state index in [1.54, 1.807) is 13.2 Å². The summed E-state index contributed by atoms with van der Waals surface area (Å²) in [4.78, 5) is 8.61. The Morgan fingerprint density at radius 1 is 1.21 bits per heavy atom. The number of hydrogen-bond acceptors (Lipinski definition) is 6. The number of para-hydroxylation sites is 1. The van der Waals surface area contributed by atoms with Gasteiger partial charge in [-0.3, -0.25) is 0 Å². The lowest BCUT2D eigenvalue weighted by Crippen LogP contribution is -2.44. The molecule has 0 aliphatic carbocycles. The number of rotatable bonds is 4. The Morgan fingerprint density at radius 3 is 2.67 bits per heavy atom. The van der Waals surface area contributed by atoms with Crippen molar-refractivity contribution in [3.63, 3.8) is 0 Å². The molecule has 1 aromatic carbocycles. The number of hydrogen-bond donors (Lipinski definition) is 0. The molecule has 2 aromatic rings. The van der Waals surface area contributed by atoms with Crippen LogP contribution in [0.3, 0.4) is 0 Å². The first kappa shape index (κ1) is 16.1. The molecule has 124 valence electrons. The van der Waals surface area contributed by atoms with Crippen molar-refractivity contribution in [3.8, 4) is 11.8 Å². The molecule has 0 saturated carbocycles. The van der Waals surface area contributed by atoms with E-state index in [0.29, 0.717) is 17.5 Å². The molecule has 2 heterocycles. The van der Waals surface area contributed by atoms with Gasteiger partial charge in [-0.25, -0.2) is 0 Å². The topological polar surface area (TPSA) is 65.5 Å². The number of nitriles is 1. The lowest BCUT2D eigenvalue weighted by Gasteiger charge is -2.31. The summed E-state index contributed by atoms with van der Waals surface area (Å²) in [6.45, 7) is 3.54. The van der Waals surface area contributed by atoms with Crippen molar-refractivity contribution in [2.45, 2.75) is 0 Å². The SMILES string of the molecule is COc1ccccc1C=Cc1nc(C#N)c(N2CCN(C)CC2)o1. The molecule has 0 N–H and O–H groups in total. The maximum Gasteiger partial charge on any atom is 0.235 e. The third-order valence-electron chi connectivity index (χ3n) is 4.07. The number of benzene rings is 1. The van der Waals surface area contributed by atoms with Crippen LogP contribution < -0.4 is 9.64 Å². The maximum absolute atomic E-state index is 9.33. The summed E-state index contributed by atoms with van der Waals surface area (Å²) >= 11 is 0. The number of oxazole rings is 1. The van der Waals surface area contributed by atoms with Gasteiger partial charge in [0.1, 0.15) is 11.8 Å². The number of methoxy groups -OCH3 is 1. The number of aromatic nitrogens is 1. The Balaban J connectivity index is 1.82. The van der Waals surface area contributed by atoms with Crippen molar-refractivity contribution in [2.75, 3.05) is 45.2 Å². The van der Waals surface area contributed by atoms with Gasteiger partial charge in [0, 0.05) is 37.8 Å². The molecular weight excluding hydrogens is 304 g/mol. The van der Waals surface area contributed by atoms with Gasteiger partial charge < -0.3 is 19.0 Å². The lowest BCUT2D eigenvalue weighted by atomic mass is 10.2. The van der Waals surface area contributed by atoms with E-state index >= 15 is 0 Å². The van der Waals surface area contributed by atoms with Gasteiger partial charge >= 0.3 is 0 Å². The van der Waals surface area contributed by atoms with Crippen LogP contribution >= 0.6 is 0 Å². The van der Waals surface area contributed by atoms with Gasteiger partial charge in [-0.15, -0.1) is 0 Å². The third kappa shape index (κ3) is 3.42. The van der Waals surface area contributed by atoms with E-state index in [1.165, 1.54) is 0 Å². The van der Waals surface area contributed by atoms with Gasteiger partial charge in [0.15, 0.2) is 0 Å². The van der Waals surface area contributed by atoms with E-state index in [1.807, 2.05) is 30.3 Å². The van der Waals surface area contributed by atoms with E-state index < -0.39 is 0 Å². The smallest absolute Gasteiger partial charge is 0.235 e. The molecular formula is C18H20N4O2. The van der Waals surface area contributed by atoms with Crippen LogP contribution in [0.25, 0.3) is 12.2 Å². The molecule has 0 bridgehead atoms. The first-order valence-corrected chi connectivity index (χ1v) is 7.87. The molecule has 0 unspecified atom stereocenters. The standard InChI is InChI=1S/C18H20N4O2/c1-21-9-11-22(12-10-21)18-15(13-19)20-17(24-18)8-7-14-5-3-4-6-16(14)23-2/h3-8H,9-12H2,1-2H3. The predicted molar refractivity (Wildman–Crippen MR) is 92.9 cm³/mol. The van der Waals surface area contributed by atoms with Crippen LogP contribution in [0.1, 0.15) is 17.1 Å². The summed E-state index contributed by atoms with van der Waals surface area (Å²) in [7, 11) is 3.72. The average Bonchev–Trinajstić information content (AvgIpc) is 3.04. The van der Waals surface area contributed by atoms with E-state index in [4.69, 9.17) is 9.15 Å². The molecule has 1 fully saturated rings. The summed E-state index contributed by atoms with van der Waals surface area (Å²) < 4.78 is 11.1. The van der Waals surface area contributed by atoms with Gasteiger partial charge in [0.05, 0.1) is 7.11 Å². The Morgan fingerprint density at radius 2 is 1.96 bits per heavy atom. The van der Waals surface area contributed by atoms with Crippen LogP contribution in [-0.2, 0) is 0 Å². The highest BCUT2D eigenvalue weighted by Crippen LogP contribution is 2.25. The van der Waals surface area contributed by atoms with Crippen LogP contribution in [0.5, 0.6) is 5.75 Å². The Labute approximate surface area is 141 Å². The molecule has 0 amide bonds. The van der Waals surface area contributed by atoms with Gasteiger partial charge in [-0.05, 0) is 19.2 Å². The highest BCUT2D eigenvalue weighted by Gasteiger charge is 2.22. The molecule has 6 nitrogen and oxygen atoms in total. The van der Waals surface area contributed by atoms with Crippen molar-refractivity contribution in [1.82, 2.24) is 9.88 Å². The molecule has 1 saturated heterocycles. The van der Waals surface area contributed by atoms with Crippen molar-refractivity contribution >= 4 is 18.0 Å². The third-order valence-corrected chi connectivity index (χ3v) is 4.07. The second-order valence-electron chi connectivity index (χ2n) is 5.68. The number of anilines is 1. The number of likely N-dealkylation sites (N-methyl/N-ethyl adjacent to an activating group) is 1. The van der Waals surface area contributed by atoms with Crippen molar-refractivity contribution in [1.29, 1.82) is 5.26 Å². The van der Waals surface area contributed by atoms with Crippen LogP contribution in [0.15, 0.2) is 28.7 Å². The zero-order chi connectivity index (χ0) is 16.9. The first-order chi connectivity index (χ1) is 11.7. The molecule has 24 heavy (non-hydrogen) atoms. The van der Waals surface area contributed by atoms with Crippen molar-refractivity contribution < 1.29 is 9.15 Å². The van der Waals surface area contributed by atoms with E-state index in [0.717, 1.165) is 37.5 Å². The van der Waals surface area contributed by atoms with Crippen molar-refractivity contribution in [3.05, 3.63) is 41.4 Å². The molecule has 0 spiro atoms. The molecule has 0 radical (unpaired) electrons. The molecule has 1 aliphatic rings. The summed E-state index contributed by atoms with van der Waals surface area (Å²) in [5.41, 5.74) is 1.26. The maximum atomic E-state index is 9.33. The Bertz CT molecular complexity index is 768. The van der Waals surface area contributed by atoms with Crippen LogP contribution in [0, 0.1) is 11.3 Å². The molecule has 6 heteroatoms. The molecule has 0 atom stereocenters. The van der Waals surface area contributed by atoms with E-state index in [-0.39, 0.29) is 0 Å². The van der Waals surface area contributed by atoms with E-state index in [2.05, 4.69) is 27.9 Å². The highest BCUT2D eigenvalue weighted by atomic mass is 16.5. The minimum Gasteiger partial charge on any atom is -0.496 e. The van der Waals surface area contributed by atoms with Crippen molar-refractivity contribution in [2.24, 2.45) is 0 Å². The number of piperazine rings is 1. The van der Waals surface area contributed by atoms with Crippen LogP contribution in [0.4, 0.5) is 5.88 Å². The molecule has 1 aliphatic heterocycles. The van der Waals surface area contributed by atoms with E-state index in [9.17, 15) is 5.26 Å². The summed E-state index contributed by atoms with van der Waals surface area (Å²) in [6, 6.07) is 9.83. The zero-order valence-corrected chi connectivity index (χ0v) is 13.9. The number of nitrogens with zero attached hydrogens (tertiary/aromatic N) is 4. The van der Waals surface area contributed by atoms with Gasteiger partial charge in [0.2, 0.25) is 17.5 Å². The minimum absolute atomic E-state index is 0.333. The largest absolute Gasteiger partial charge is 0.496 e. The zero-order valence-electron chi connectivity index (χ0n) is 13.9. The quantitative estimate of drug-likeness (QED) is 0.861. The predicted octanol–water partition coefficient (Wildman–Crippen LogP) is 2.48. The first-order valence-electron chi connectivity index (χ1n) is 7.87. The fourth-order valence-corrected chi connectivity index (χ4v) is 2.66. The summed E-state index contributed by atoms with van der Waals surface area (Å²) in [5.74, 6) is 1.76. The molecule has 1 aromatic heterocycles. The second-order valence-corrected chi connectivity index (χ2v) is 5.68. The number of ether oxygens (including phenoxy) is 1. The Hall–Kier alpha value is -2.78. The highest BCUT2D eigenvalue weighted by molar-refractivity contribution is 5.70.